The van der Waals surface area contributed by atoms with Gasteiger partial charge in [-0.25, -0.2) is 4.79 Å². The van der Waals surface area contributed by atoms with E-state index in [0.29, 0.717) is 5.56 Å². The molecule has 0 amide bonds. The third kappa shape index (κ3) is 3.09. The number of carboxylic acids is 1. The highest BCUT2D eigenvalue weighted by Crippen LogP contribution is 2.45. The zero-order valence-electron chi connectivity index (χ0n) is 13.0. The van der Waals surface area contributed by atoms with Gasteiger partial charge in [0.25, 0.3) is 0 Å². The summed E-state index contributed by atoms with van der Waals surface area (Å²) in [6, 6.07) is 4.42. The van der Waals surface area contributed by atoms with Crippen LogP contribution in [0.15, 0.2) is 23.8 Å². The summed E-state index contributed by atoms with van der Waals surface area (Å²) >= 11 is 0. The Morgan fingerprint density at radius 1 is 1.12 bits per heavy atom. The number of benzene rings is 1. The molecule has 1 aromatic rings. The van der Waals surface area contributed by atoms with Gasteiger partial charge in [0.15, 0.2) is 0 Å². The number of ether oxygens (including phenoxy) is 1. The minimum atomic E-state index is -5.94. The molecule has 0 aliphatic carbocycles. The molecule has 8 heteroatoms. The van der Waals surface area contributed by atoms with E-state index >= 15 is 0 Å². The van der Waals surface area contributed by atoms with Crippen LogP contribution in [-0.4, -0.2) is 29.3 Å². The van der Waals surface area contributed by atoms with E-state index in [9.17, 15) is 26.7 Å². The van der Waals surface area contributed by atoms with Crippen molar-refractivity contribution in [3.8, 4) is 5.75 Å². The standard InChI is InChI=1S/C16H15F5O3/c1-14(2,3)9-5-4-8-6-10(13(22)23)12(24-11(8)7-9)15(17,18)16(19,20)21/h4-7,12H,1-3H3,(H,22,23)/t12-/m0/s1. The van der Waals surface area contributed by atoms with Crippen molar-refractivity contribution in [1.82, 2.24) is 0 Å². The van der Waals surface area contributed by atoms with Gasteiger partial charge in [0, 0.05) is 5.56 Å². The highest BCUT2D eigenvalue weighted by molar-refractivity contribution is 5.95. The third-order valence-electron chi connectivity index (χ3n) is 3.67. The Morgan fingerprint density at radius 3 is 2.17 bits per heavy atom. The van der Waals surface area contributed by atoms with Crippen molar-refractivity contribution in [3.63, 3.8) is 0 Å². The quantitative estimate of drug-likeness (QED) is 0.804. The normalized spacial score (nSPS) is 18.5. The molecule has 3 nitrogen and oxygen atoms in total. The van der Waals surface area contributed by atoms with E-state index in [4.69, 9.17) is 9.84 Å². The zero-order valence-corrected chi connectivity index (χ0v) is 13.0. The number of alkyl halides is 5. The van der Waals surface area contributed by atoms with Crippen LogP contribution in [0, 0.1) is 0 Å². The number of halogens is 5. The fourth-order valence-corrected chi connectivity index (χ4v) is 2.25. The Bertz CT molecular complexity index is 699. The minimum absolute atomic E-state index is 0.134. The van der Waals surface area contributed by atoms with E-state index in [0.717, 1.165) is 6.08 Å². The SMILES string of the molecule is CC(C)(C)c1ccc2c(c1)O[C@H](C(F)(F)C(F)(F)F)C(C(=O)O)=C2. The van der Waals surface area contributed by atoms with Crippen molar-refractivity contribution in [2.45, 2.75) is 44.4 Å². The maximum absolute atomic E-state index is 13.7. The van der Waals surface area contributed by atoms with Crippen LogP contribution >= 0.6 is 0 Å². The largest absolute Gasteiger partial charge is 0.478 e. The molecule has 2 rings (SSSR count). The van der Waals surface area contributed by atoms with Crippen LogP contribution in [0.25, 0.3) is 6.08 Å². The molecule has 0 fully saturated rings. The van der Waals surface area contributed by atoms with Gasteiger partial charge in [0.05, 0.1) is 5.57 Å². The number of aliphatic carboxylic acids is 1. The summed E-state index contributed by atoms with van der Waals surface area (Å²) in [5.74, 6) is -7.44. The second kappa shape index (κ2) is 5.46. The Balaban J connectivity index is 2.58. The first-order valence-corrected chi connectivity index (χ1v) is 6.96. The number of hydrogen-bond donors (Lipinski definition) is 1. The first kappa shape index (κ1) is 18.2. The van der Waals surface area contributed by atoms with Gasteiger partial charge < -0.3 is 9.84 Å². The van der Waals surface area contributed by atoms with E-state index < -0.39 is 35.2 Å². The summed E-state index contributed by atoms with van der Waals surface area (Å²) < 4.78 is 70.2. The molecule has 1 aromatic carbocycles. The van der Waals surface area contributed by atoms with Crippen LogP contribution in [0.2, 0.25) is 0 Å². The lowest BCUT2D eigenvalue weighted by Gasteiger charge is -2.33. The fourth-order valence-electron chi connectivity index (χ4n) is 2.25. The molecular weight excluding hydrogens is 335 g/mol. The number of hydrogen-bond acceptors (Lipinski definition) is 2. The second-order valence-corrected chi connectivity index (χ2v) is 6.53. The zero-order chi connectivity index (χ0) is 18.5. The van der Waals surface area contributed by atoms with Crippen LogP contribution < -0.4 is 4.74 Å². The molecule has 1 heterocycles. The van der Waals surface area contributed by atoms with Crippen LogP contribution in [0.3, 0.4) is 0 Å². The van der Waals surface area contributed by atoms with Crippen molar-refractivity contribution in [2.24, 2.45) is 0 Å². The average Bonchev–Trinajstić information content (AvgIpc) is 2.42. The van der Waals surface area contributed by atoms with E-state index in [1.165, 1.54) is 12.1 Å². The van der Waals surface area contributed by atoms with Crippen molar-refractivity contribution < 1.29 is 36.6 Å². The van der Waals surface area contributed by atoms with Crippen LogP contribution in [-0.2, 0) is 10.2 Å². The summed E-state index contributed by atoms with van der Waals surface area (Å²) in [6.07, 6.45) is -8.10. The Morgan fingerprint density at radius 2 is 1.71 bits per heavy atom. The molecule has 0 bridgehead atoms. The number of fused-ring (bicyclic) bond motifs is 1. The van der Waals surface area contributed by atoms with E-state index in [1.54, 1.807) is 6.07 Å². The van der Waals surface area contributed by atoms with Crippen molar-refractivity contribution in [2.75, 3.05) is 0 Å². The van der Waals surface area contributed by atoms with Gasteiger partial charge in [-0.3, -0.25) is 0 Å². The van der Waals surface area contributed by atoms with Crippen LogP contribution in [0.4, 0.5) is 22.0 Å². The second-order valence-electron chi connectivity index (χ2n) is 6.53. The Hall–Kier alpha value is -2.12. The first-order chi connectivity index (χ1) is 10.7. The monoisotopic (exact) mass is 350 g/mol. The third-order valence-corrected chi connectivity index (χ3v) is 3.67. The van der Waals surface area contributed by atoms with Gasteiger partial charge in [0.2, 0.25) is 6.10 Å². The molecule has 0 unspecified atom stereocenters. The lowest BCUT2D eigenvalue weighted by atomic mass is 9.85. The molecule has 24 heavy (non-hydrogen) atoms. The van der Waals surface area contributed by atoms with Gasteiger partial charge in [-0.05, 0) is 23.1 Å². The summed E-state index contributed by atoms with van der Waals surface area (Å²) in [5, 5.41) is 9.00. The molecule has 0 aromatic heterocycles. The molecule has 1 atom stereocenters. The highest BCUT2D eigenvalue weighted by atomic mass is 19.4. The van der Waals surface area contributed by atoms with Gasteiger partial charge in [0.1, 0.15) is 5.75 Å². The number of carbonyl (C=O) groups is 1. The number of carboxylic acid groups (broad SMARTS) is 1. The van der Waals surface area contributed by atoms with Crippen molar-refractivity contribution in [1.29, 1.82) is 0 Å². The van der Waals surface area contributed by atoms with E-state index in [1.807, 2.05) is 20.8 Å². The molecular formula is C16H15F5O3. The Kier molecular flexibility index (Phi) is 4.14. The maximum atomic E-state index is 13.7. The maximum Gasteiger partial charge on any atom is 0.457 e. The lowest BCUT2D eigenvalue weighted by molar-refractivity contribution is -0.303. The van der Waals surface area contributed by atoms with Gasteiger partial charge >= 0.3 is 18.1 Å². The molecule has 1 aliphatic rings. The highest BCUT2D eigenvalue weighted by Gasteiger charge is 2.66. The summed E-state index contributed by atoms with van der Waals surface area (Å²) in [5.41, 5.74) is -0.748. The molecule has 0 saturated heterocycles. The molecule has 0 spiro atoms. The van der Waals surface area contributed by atoms with Crippen LogP contribution in [0.1, 0.15) is 31.9 Å². The first-order valence-electron chi connectivity index (χ1n) is 6.96. The summed E-state index contributed by atoms with van der Waals surface area (Å²) in [7, 11) is 0. The van der Waals surface area contributed by atoms with E-state index in [2.05, 4.69) is 0 Å². The predicted octanol–water partition coefficient (Wildman–Crippen LogP) is 4.41. The topological polar surface area (TPSA) is 46.5 Å². The van der Waals surface area contributed by atoms with Crippen molar-refractivity contribution in [3.05, 3.63) is 34.9 Å². The van der Waals surface area contributed by atoms with Gasteiger partial charge in [-0.2, -0.15) is 22.0 Å². The molecule has 1 aliphatic heterocycles. The summed E-state index contributed by atoms with van der Waals surface area (Å²) in [4.78, 5) is 11.1. The molecule has 0 saturated carbocycles. The van der Waals surface area contributed by atoms with Crippen molar-refractivity contribution >= 4 is 12.0 Å². The van der Waals surface area contributed by atoms with Crippen LogP contribution in [0.5, 0.6) is 5.75 Å². The number of rotatable bonds is 2. The smallest absolute Gasteiger partial charge is 0.457 e. The lowest BCUT2D eigenvalue weighted by Crippen LogP contribution is -2.52. The van der Waals surface area contributed by atoms with Gasteiger partial charge in [-0.1, -0.05) is 32.9 Å². The van der Waals surface area contributed by atoms with E-state index in [-0.39, 0.29) is 11.3 Å². The minimum Gasteiger partial charge on any atom is -0.478 e. The molecule has 1 N–H and O–H groups in total. The molecule has 132 valence electrons. The average molecular weight is 350 g/mol. The van der Waals surface area contributed by atoms with Gasteiger partial charge in [-0.15, -0.1) is 0 Å². The fraction of sp³-hybridized carbons (Fsp3) is 0.438. The molecule has 0 radical (unpaired) electrons. The summed E-state index contributed by atoms with van der Waals surface area (Å²) in [6.45, 7) is 5.49. The predicted molar refractivity (Wildman–Crippen MR) is 76.2 cm³/mol. The Labute approximate surface area is 134 Å².